The predicted molar refractivity (Wildman–Crippen MR) is 49.5 cm³/mol. The number of hydrogen-bond acceptors (Lipinski definition) is 3. The van der Waals surface area contributed by atoms with Gasteiger partial charge in [0.15, 0.2) is 0 Å². The van der Waals surface area contributed by atoms with Gasteiger partial charge in [0.25, 0.3) is 0 Å². The van der Waals surface area contributed by atoms with Crippen LogP contribution >= 0.6 is 0 Å². The molecule has 0 bridgehead atoms. The molecule has 0 aliphatic carbocycles. The molecule has 0 aromatic carbocycles. The molecule has 0 aliphatic heterocycles. The Hall–Kier alpha value is -0.900. The van der Waals surface area contributed by atoms with Gasteiger partial charge < -0.3 is 15.0 Å². The Labute approximate surface area is 78.6 Å². The Balaban J connectivity index is 0. The van der Waals surface area contributed by atoms with Crippen LogP contribution in [0.15, 0.2) is 0 Å². The lowest BCUT2D eigenvalue weighted by Crippen LogP contribution is -2.08. The Kier molecular flexibility index (Phi) is 12.5. The minimum absolute atomic E-state index is 0.0243. The van der Waals surface area contributed by atoms with Crippen molar-refractivity contribution in [3.63, 3.8) is 0 Å². The van der Waals surface area contributed by atoms with Gasteiger partial charge >= 0.3 is 5.97 Å². The molecule has 0 aliphatic rings. The first kappa shape index (κ1) is 14.6. The second kappa shape index (κ2) is 11.1. The summed E-state index contributed by atoms with van der Waals surface area (Å²) in [6.45, 7) is 2.02. The standard InChI is InChI=1S/C8H14O3.CH4O/c1-2-3-4-7(6-9)5-8(10)11;1-2/h6-7H,2-5H2,1H3,(H,10,11);2H,1H3. The van der Waals surface area contributed by atoms with E-state index in [0.29, 0.717) is 6.42 Å². The van der Waals surface area contributed by atoms with E-state index >= 15 is 0 Å². The van der Waals surface area contributed by atoms with Gasteiger partial charge in [0.2, 0.25) is 0 Å². The molecule has 0 aromatic heterocycles. The van der Waals surface area contributed by atoms with Gasteiger partial charge in [-0.3, -0.25) is 4.79 Å². The van der Waals surface area contributed by atoms with Gasteiger partial charge in [-0.1, -0.05) is 19.8 Å². The van der Waals surface area contributed by atoms with Crippen molar-refractivity contribution in [3.05, 3.63) is 0 Å². The second-order valence-corrected chi connectivity index (χ2v) is 2.64. The Morgan fingerprint density at radius 3 is 2.31 bits per heavy atom. The van der Waals surface area contributed by atoms with E-state index < -0.39 is 5.97 Å². The number of aliphatic hydroxyl groups is 1. The third-order valence-electron chi connectivity index (χ3n) is 1.56. The lowest BCUT2D eigenvalue weighted by molar-refractivity contribution is -0.139. The maximum atomic E-state index is 10.3. The van der Waals surface area contributed by atoms with Crippen molar-refractivity contribution in [2.75, 3.05) is 7.11 Å². The van der Waals surface area contributed by atoms with Gasteiger partial charge in [0.1, 0.15) is 6.29 Å². The number of aliphatic carboxylic acids is 1. The fourth-order valence-electron chi connectivity index (χ4n) is 0.909. The van der Waals surface area contributed by atoms with Crippen LogP contribution in [0.5, 0.6) is 0 Å². The van der Waals surface area contributed by atoms with E-state index in [0.717, 1.165) is 26.2 Å². The van der Waals surface area contributed by atoms with E-state index in [9.17, 15) is 9.59 Å². The minimum atomic E-state index is -0.891. The van der Waals surface area contributed by atoms with Crippen molar-refractivity contribution in [2.24, 2.45) is 5.92 Å². The zero-order chi connectivity index (χ0) is 10.7. The number of aliphatic hydroxyl groups excluding tert-OH is 1. The topological polar surface area (TPSA) is 74.6 Å². The summed E-state index contributed by atoms with van der Waals surface area (Å²) in [6.07, 6.45) is 3.35. The SMILES string of the molecule is CCCCC(C=O)CC(=O)O.CO. The number of carboxylic acids is 1. The third-order valence-corrected chi connectivity index (χ3v) is 1.56. The lowest BCUT2D eigenvalue weighted by Gasteiger charge is -2.04. The largest absolute Gasteiger partial charge is 0.481 e. The number of rotatable bonds is 6. The summed E-state index contributed by atoms with van der Waals surface area (Å²) in [5, 5.41) is 15.4. The summed E-state index contributed by atoms with van der Waals surface area (Å²) in [5.41, 5.74) is 0. The highest BCUT2D eigenvalue weighted by atomic mass is 16.4. The average molecular weight is 190 g/mol. The highest BCUT2D eigenvalue weighted by Gasteiger charge is 2.10. The highest BCUT2D eigenvalue weighted by Crippen LogP contribution is 2.09. The zero-order valence-electron chi connectivity index (χ0n) is 8.19. The zero-order valence-corrected chi connectivity index (χ0v) is 8.19. The molecule has 1 atom stereocenters. The molecule has 0 saturated heterocycles. The lowest BCUT2D eigenvalue weighted by atomic mass is 10.0. The molecule has 0 radical (unpaired) electrons. The molecule has 0 heterocycles. The van der Waals surface area contributed by atoms with Crippen molar-refractivity contribution in [2.45, 2.75) is 32.6 Å². The van der Waals surface area contributed by atoms with Gasteiger partial charge in [-0.15, -0.1) is 0 Å². The molecular weight excluding hydrogens is 172 g/mol. The summed E-state index contributed by atoms with van der Waals surface area (Å²) in [5.74, 6) is -1.18. The molecular formula is C9H18O4. The van der Waals surface area contributed by atoms with Crippen LogP contribution in [0.25, 0.3) is 0 Å². The Bertz CT molecular complexity index is 134. The van der Waals surface area contributed by atoms with Crippen LogP contribution in [0.2, 0.25) is 0 Å². The predicted octanol–water partition coefficient (Wildman–Crippen LogP) is 1.07. The smallest absolute Gasteiger partial charge is 0.304 e. The Morgan fingerprint density at radius 1 is 1.46 bits per heavy atom. The summed E-state index contributed by atoms with van der Waals surface area (Å²) < 4.78 is 0. The van der Waals surface area contributed by atoms with E-state index in [-0.39, 0.29) is 12.3 Å². The van der Waals surface area contributed by atoms with Gasteiger partial charge in [-0.25, -0.2) is 0 Å². The van der Waals surface area contributed by atoms with Crippen LogP contribution in [0, 0.1) is 5.92 Å². The second-order valence-electron chi connectivity index (χ2n) is 2.64. The number of hydrogen-bond donors (Lipinski definition) is 2. The molecule has 2 N–H and O–H groups in total. The fraction of sp³-hybridized carbons (Fsp3) is 0.778. The van der Waals surface area contributed by atoms with E-state index in [4.69, 9.17) is 10.2 Å². The summed E-state index contributed by atoms with van der Waals surface area (Å²) in [4.78, 5) is 20.5. The molecule has 78 valence electrons. The molecule has 4 heteroatoms. The van der Waals surface area contributed by atoms with Crippen molar-refractivity contribution < 1.29 is 19.8 Å². The van der Waals surface area contributed by atoms with E-state index in [1.165, 1.54) is 0 Å². The van der Waals surface area contributed by atoms with Gasteiger partial charge in [0, 0.05) is 13.0 Å². The molecule has 4 nitrogen and oxygen atoms in total. The normalized spacial score (nSPS) is 11.0. The number of carboxylic acid groups (broad SMARTS) is 1. The van der Waals surface area contributed by atoms with Crippen molar-refractivity contribution in [1.82, 2.24) is 0 Å². The van der Waals surface area contributed by atoms with E-state index in [1.807, 2.05) is 6.92 Å². The van der Waals surface area contributed by atoms with Crippen LogP contribution < -0.4 is 0 Å². The van der Waals surface area contributed by atoms with Gasteiger partial charge in [-0.2, -0.15) is 0 Å². The molecule has 0 spiro atoms. The molecule has 0 aromatic rings. The first-order valence-electron chi connectivity index (χ1n) is 4.32. The van der Waals surface area contributed by atoms with Crippen molar-refractivity contribution >= 4 is 12.3 Å². The molecule has 13 heavy (non-hydrogen) atoms. The van der Waals surface area contributed by atoms with Crippen LogP contribution in [-0.4, -0.2) is 29.6 Å². The number of carbonyl (C=O) groups is 2. The minimum Gasteiger partial charge on any atom is -0.481 e. The first-order valence-corrected chi connectivity index (χ1v) is 4.32. The summed E-state index contributed by atoms with van der Waals surface area (Å²) in [6, 6.07) is 0. The van der Waals surface area contributed by atoms with E-state index in [1.54, 1.807) is 0 Å². The molecule has 1 unspecified atom stereocenters. The highest BCUT2D eigenvalue weighted by molar-refractivity contribution is 5.71. The maximum Gasteiger partial charge on any atom is 0.304 e. The fourth-order valence-corrected chi connectivity index (χ4v) is 0.909. The molecule has 0 fully saturated rings. The first-order chi connectivity index (χ1) is 6.20. The van der Waals surface area contributed by atoms with Crippen LogP contribution in [0.1, 0.15) is 32.6 Å². The average Bonchev–Trinajstić information content (AvgIpc) is 2.15. The van der Waals surface area contributed by atoms with E-state index in [2.05, 4.69) is 0 Å². The monoisotopic (exact) mass is 190 g/mol. The number of aldehydes is 1. The maximum absolute atomic E-state index is 10.3. The van der Waals surface area contributed by atoms with Crippen LogP contribution in [0.3, 0.4) is 0 Å². The Morgan fingerprint density at radius 2 is 2.00 bits per heavy atom. The number of carbonyl (C=O) groups excluding carboxylic acids is 1. The van der Waals surface area contributed by atoms with Crippen LogP contribution in [-0.2, 0) is 9.59 Å². The molecule has 0 saturated carbocycles. The molecule has 0 amide bonds. The summed E-state index contributed by atoms with van der Waals surface area (Å²) in [7, 11) is 1.00. The summed E-state index contributed by atoms with van der Waals surface area (Å²) >= 11 is 0. The van der Waals surface area contributed by atoms with Crippen molar-refractivity contribution in [1.29, 1.82) is 0 Å². The van der Waals surface area contributed by atoms with Gasteiger partial charge in [0.05, 0.1) is 6.42 Å². The third kappa shape index (κ3) is 11.1. The van der Waals surface area contributed by atoms with Gasteiger partial charge in [-0.05, 0) is 6.42 Å². The quantitative estimate of drug-likeness (QED) is 0.614. The molecule has 0 rings (SSSR count). The van der Waals surface area contributed by atoms with Crippen LogP contribution in [0.4, 0.5) is 0 Å². The van der Waals surface area contributed by atoms with Crippen molar-refractivity contribution in [3.8, 4) is 0 Å². The number of unbranched alkanes of at least 4 members (excludes halogenated alkanes) is 1.